The third kappa shape index (κ3) is 2.34. The van der Waals surface area contributed by atoms with Crippen molar-refractivity contribution in [2.75, 3.05) is 6.54 Å². The Labute approximate surface area is 101 Å². The maximum atomic E-state index is 12.3. The van der Waals surface area contributed by atoms with E-state index >= 15 is 0 Å². The Kier molecular flexibility index (Phi) is 3.47. The van der Waals surface area contributed by atoms with E-state index in [1.165, 1.54) is 0 Å². The van der Waals surface area contributed by atoms with E-state index in [9.17, 15) is 4.79 Å². The number of likely N-dealkylation sites (tertiary alicyclic amines) is 1. The van der Waals surface area contributed by atoms with Crippen LogP contribution >= 0.6 is 0 Å². The second-order valence-electron chi connectivity index (χ2n) is 4.93. The number of imidazole rings is 1. The molecule has 0 saturated carbocycles. The molecule has 0 aliphatic carbocycles. The first-order valence-corrected chi connectivity index (χ1v) is 6.16. The highest BCUT2D eigenvalue weighted by Gasteiger charge is 2.34. The number of aromatic nitrogens is 2. The van der Waals surface area contributed by atoms with E-state index in [0.717, 1.165) is 25.2 Å². The van der Waals surface area contributed by atoms with Gasteiger partial charge in [0.2, 0.25) is 5.91 Å². The molecule has 2 heterocycles. The number of aromatic amines is 1. The first-order chi connectivity index (χ1) is 8.11. The number of rotatable bonds is 3. The highest BCUT2D eigenvalue weighted by Crippen LogP contribution is 2.30. The molecule has 0 radical (unpaired) electrons. The average molecular weight is 236 g/mol. The highest BCUT2D eigenvalue weighted by atomic mass is 16.2. The van der Waals surface area contributed by atoms with Gasteiger partial charge in [-0.1, -0.05) is 13.8 Å². The fourth-order valence-corrected chi connectivity index (χ4v) is 2.25. The quantitative estimate of drug-likeness (QED) is 0.824. The van der Waals surface area contributed by atoms with Gasteiger partial charge in [-0.05, 0) is 18.8 Å². The summed E-state index contributed by atoms with van der Waals surface area (Å²) in [5, 5.41) is 0. The first-order valence-electron chi connectivity index (χ1n) is 6.16. The minimum absolute atomic E-state index is 0.0406. The van der Waals surface area contributed by atoms with Gasteiger partial charge in [0.1, 0.15) is 5.82 Å². The number of carbonyl (C=O) groups is 1. The molecule has 0 aromatic carbocycles. The van der Waals surface area contributed by atoms with E-state index in [0.29, 0.717) is 0 Å². The van der Waals surface area contributed by atoms with E-state index in [1.54, 1.807) is 12.4 Å². The van der Waals surface area contributed by atoms with Crippen LogP contribution in [0.4, 0.5) is 0 Å². The molecule has 2 atom stereocenters. The number of amides is 1. The summed E-state index contributed by atoms with van der Waals surface area (Å²) in [6, 6.07) is -0.340. The summed E-state index contributed by atoms with van der Waals surface area (Å²) in [6.45, 7) is 4.73. The summed E-state index contributed by atoms with van der Waals surface area (Å²) in [6.07, 6.45) is 5.49. The molecule has 0 bridgehead atoms. The lowest BCUT2D eigenvalue weighted by atomic mass is 10.0. The third-order valence-corrected chi connectivity index (χ3v) is 3.37. The molecule has 1 aliphatic rings. The van der Waals surface area contributed by atoms with Crippen LogP contribution in [0.5, 0.6) is 0 Å². The van der Waals surface area contributed by atoms with Gasteiger partial charge in [0, 0.05) is 18.9 Å². The van der Waals surface area contributed by atoms with Crippen LogP contribution in [0.15, 0.2) is 12.4 Å². The van der Waals surface area contributed by atoms with E-state index in [-0.39, 0.29) is 17.9 Å². The maximum absolute atomic E-state index is 12.3. The fraction of sp³-hybridized carbons (Fsp3) is 0.667. The van der Waals surface area contributed by atoms with Crippen molar-refractivity contribution >= 4 is 5.91 Å². The zero-order chi connectivity index (χ0) is 12.4. The van der Waals surface area contributed by atoms with Crippen molar-refractivity contribution in [1.82, 2.24) is 14.9 Å². The SMILES string of the molecule is CC(C)[C@@H](N)C(=O)N1CCC[C@H]1c1ncc[nH]1. The zero-order valence-electron chi connectivity index (χ0n) is 10.4. The number of hydrogen-bond donors (Lipinski definition) is 2. The second kappa shape index (κ2) is 4.87. The Bertz CT molecular complexity index is 374. The Morgan fingerprint density at radius 1 is 1.65 bits per heavy atom. The zero-order valence-corrected chi connectivity index (χ0v) is 10.4. The lowest BCUT2D eigenvalue weighted by Gasteiger charge is -2.27. The van der Waals surface area contributed by atoms with Gasteiger partial charge in [-0.15, -0.1) is 0 Å². The Balaban J connectivity index is 2.12. The van der Waals surface area contributed by atoms with Crippen LogP contribution in [0.1, 0.15) is 38.6 Å². The van der Waals surface area contributed by atoms with Gasteiger partial charge in [0.15, 0.2) is 0 Å². The predicted molar refractivity (Wildman–Crippen MR) is 65.1 cm³/mol. The standard InChI is InChI=1S/C12H20N4O/c1-8(2)10(13)12(17)16-7-3-4-9(16)11-14-5-6-15-11/h5-6,8-10H,3-4,7,13H2,1-2H3,(H,14,15)/t9-,10+/m0/s1. The summed E-state index contributed by atoms with van der Waals surface area (Å²) in [5.74, 6) is 1.08. The van der Waals surface area contributed by atoms with E-state index in [4.69, 9.17) is 5.73 Å². The smallest absolute Gasteiger partial charge is 0.240 e. The first kappa shape index (κ1) is 12.1. The highest BCUT2D eigenvalue weighted by molar-refractivity contribution is 5.82. The van der Waals surface area contributed by atoms with Crippen LogP contribution < -0.4 is 5.73 Å². The van der Waals surface area contributed by atoms with Crippen molar-refractivity contribution in [3.8, 4) is 0 Å². The Morgan fingerprint density at radius 3 is 3.00 bits per heavy atom. The number of nitrogens with one attached hydrogen (secondary N) is 1. The molecule has 0 unspecified atom stereocenters. The molecule has 1 aliphatic heterocycles. The largest absolute Gasteiger partial charge is 0.347 e. The Morgan fingerprint density at radius 2 is 2.41 bits per heavy atom. The molecular weight excluding hydrogens is 216 g/mol. The Hall–Kier alpha value is -1.36. The van der Waals surface area contributed by atoms with E-state index < -0.39 is 6.04 Å². The van der Waals surface area contributed by atoms with Crippen molar-refractivity contribution in [2.24, 2.45) is 11.7 Å². The number of H-pyrrole nitrogens is 1. The van der Waals surface area contributed by atoms with Gasteiger partial charge in [-0.25, -0.2) is 4.98 Å². The van der Waals surface area contributed by atoms with Crippen molar-refractivity contribution in [3.63, 3.8) is 0 Å². The van der Waals surface area contributed by atoms with Gasteiger partial charge in [-0.2, -0.15) is 0 Å². The minimum atomic E-state index is -0.412. The van der Waals surface area contributed by atoms with Crippen LogP contribution in [0.3, 0.4) is 0 Å². The number of nitrogens with zero attached hydrogens (tertiary/aromatic N) is 2. The molecule has 5 heteroatoms. The topological polar surface area (TPSA) is 75.0 Å². The maximum Gasteiger partial charge on any atom is 0.240 e. The van der Waals surface area contributed by atoms with E-state index in [2.05, 4.69) is 9.97 Å². The summed E-state index contributed by atoms with van der Waals surface area (Å²) in [7, 11) is 0. The van der Waals surface area contributed by atoms with Crippen molar-refractivity contribution in [3.05, 3.63) is 18.2 Å². The summed E-state index contributed by atoms with van der Waals surface area (Å²) < 4.78 is 0. The molecule has 1 fully saturated rings. The molecule has 17 heavy (non-hydrogen) atoms. The van der Waals surface area contributed by atoms with Gasteiger partial charge in [0.05, 0.1) is 12.1 Å². The molecule has 1 aromatic rings. The molecule has 2 rings (SSSR count). The summed E-state index contributed by atoms with van der Waals surface area (Å²) in [4.78, 5) is 21.4. The summed E-state index contributed by atoms with van der Waals surface area (Å²) in [5.41, 5.74) is 5.93. The molecule has 1 amide bonds. The van der Waals surface area contributed by atoms with Crippen LogP contribution in [-0.4, -0.2) is 33.4 Å². The number of hydrogen-bond acceptors (Lipinski definition) is 3. The molecule has 3 N–H and O–H groups in total. The predicted octanol–water partition coefficient (Wildman–Crippen LogP) is 1.06. The summed E-state index contributed by atoms with van der Waals surface area (Å²) >= 11 is 0. The average Bonchev–Trinajstić information content (AvgIpc) is 2.96. The van der Waals surface area contributed by atoms with Gasteiger partial charge in [-0.3, -0.25) is 4.79 Å². The van der Waals surface area contributed by atoms with E-state index in [1.807, 2.05) is 18.7 Å². The van der Waals surface area contributed by atoms with Gasteiger partial charge >= 0.3 is 0 Å². The minimum Gasteiger partial charge on any atom is -0.347 e. The molecule has 5 nitrogen and oxygen atoms in total. The third-order valence-electron chi connectivity index (χ3n) is 3.37. The van der Waals surface area contributed by atoms with Crippen molar-refractivity contribution in [1.29, 1.82) is 0 Å². The molecule has 1 saturated heterocycles. The van der Waals surface area contributed by atoms with Crippen LogP contribution in [0, 0.1) is 5.92 Å². The van der Waals surface area contributed by atoms with Crippen LogP contribution in [0.25, 0.3) is 0 Å². The lowest BCUT2D eigenvalue weighted by Crippen LogP contribution is -2.46. The monoisotopic (exact) mass is 236 g/mol. The number of nitrogens with two attached hydrogens (primary N) is 1. The second-order valence-corrected chi connectivity index (χ2v) is 4.93. The number of carbonyl (C=O) groups excluding carboxylic acids is 1. The molecule has 0 spiro atoms. The lowest BCUT2D eigenvalue weighted by molar-refractivity contribution is -0.134. The molecule has 1 aromatic heterocycles. The van der Waals surface area contributed by atoms with Gasteiger partial charge in [0.25, 0.3) is 0 Å². The molecule has 94 valence electrons. The fourth-order valence-electron chi connectivity index (χ4n) is 2.25. The normalized spacial score (nSPS) is 22.1. The van der Waals surface area contributed by atoms with Crippen LogP contribution in [0.2, 0.25) is 0 Å². The van der Waals surface area contributed by atoms with Crippen LogP contribution in [-0.2, 0) is 4.79 Å². The van der Waals surface area contributed by atoms with Crippen molar-refractivity contribution < 1.29 is 4.79 Å². The molecular formula is C12H20N4O. The van der Waals surface area contributed by atoms with Crippen molar-refractivity contribution in [2.45, 2.75) is 38.8 Å². The van der Waals surface area contributed by atoms with Gasteiger partial charge < -0.3 is 15.6 Å².